The van der Waals surface area contributed by atoms with Gasteiger partial charge < -0.3 is 15.0 Å². The van der Waals surface area contributed by atoms with Gasteiger partial charge in [0.2, 0.25) is 11.8 Å². The SMILES string of the molecule is CCOC(=O)C1CCN(C(=O)CCC(=O)NC2CCCC(C)C2C)CC1. The van der Waals surface area contributed by atoms with E-state index in [4.69, 9.17) is 4.74 Å². The number of piperidine rings is 1. The van der Waals surface area contributed by atoms with E-state index in [-0.39, 0.29) is 42.6 Å². The topological polar surface area (TPSA) is 75.7 Å². The Morgan fingerprint density at radius 2 is 1.73 bits per heavy atom. The Bertz CT molecular complexity index is 500. The maximum absolute atomic E-state index is 12.3. The van der Waals surface area contributed by atoms with E-state index in [9.17, 15) is 14.4 Å². The van der Waals surface area contributed by atoms with Gasteiger partial charge in [-0.25, -0.2) is 0 Å². The van der Waals surface area contributed by atoms with Crippen LogP contribution in [0.1, 0.15) is 65.7 Å². The van der Waals surface area contributed by atoms with Gasteiger partial charge in [0.1, 0.15) is 0 Å². The van der Waals surface area contributed by atoms with Gasteiger partial charge in [0.25, 0.3) is 0 Å². The van der Waals surface area contributed by atoms with Crippen LogP contribution in [0, 0.1) is 17.8 Å². The summed E-state index contributed by atoms with van der Waals surface area (Å²) >= 11 is 0. The predicted octanol–water partition coefficient (Wildman–Crippen LogP) is 2.51. The van der Waals surface area contributed by atoms with Crippen LogP contribution in [0.4, 0.5) is 0 Å². The second-order valence-corrected chi connectivity index (χ2v) is 7.85. The van der Waals surface area contributed by atoms with Gasteiger partial charge in [-0.15, -0.1) is 0 Å². The molecule has 2 rings (SSSR count). The molecule has 6 nitrogen and oxygen atoms in total. The monoisotopic (exact) mass is 366 g/mol. The molecule has 2 amide bonds. The number of nitrogens with one attached hydrogen (secondary N) is 1. The summed E-state index contributed by atoms with van der Waals surface area (Å²) in [4.78, 5) is 38.1. The van der Waals surface area contributed by atoms with Crippen molar-refractivity contribution >= 4 is 17.8 Å². The first kappa shape index (κ1) is 20.7. The summed E-state index contributed by atoms with van der Waals surface area (Å²) in [5, 5.41) is 3.12. The van der Waals surface area contributed by atoms with Crippen molar-refractivity contribution in [2.24, 2.45) is 17.8 Å². The average Bonchev–Trinajstić information content (AvgIpc) is 2.64. The number of carbonyl (C=O) groups excluding carboxylic acids is 3. The van der Waals surface area contributed by atoms with E-state index < -0.39 is 0 Å². The zero-order valence-electron chi connectivity index (χ0n) is 16.5. The Hall–Kier alpha value is -1.59. The van der Waals surface area contributed by atoms with Crippen molar-refractivity contribution in [1.82, 2.24) is 10.2 Å². The van der Waals surface area contributed by atoms with Crippen LogP contribution in [0.15, 0.2) is 0 Å². The van der Waals surface area contributed by atoms with E-state index >= 15 is 0 Å². The maximum Gasteiger partial charge on any atom is 0.309 e. The first-order chi connectivity index (χ1) is 12.4. The van der Waals surface area contributed by atoms with Crippen molar-refractivity contribution in [1.29, 1.82) is 0 Å². The zero-order valence-corrected chi connectivity index (χ0v) is 16.5. The number of hydrogen-bond acceptors (Lipinski definition) is 4. The van der Waals surface area contributed by atoms with Gasteiger partial charge in [0, 0.05) is 32.0 Å². The second kappa shape index (κ2) is 9.93. The number of esters is 1. The lowest BCUT2D eigenvalue weighted by Gasteiger charge is -2.34. The van der Waals surface area contributed by atoms with E-state index in [1.807, 2.05) is 0 Å². The lowest BCUT2D eigenvalue weighted by atomic mass is 9.78. The number of amides is 2. The maximum atomic E-state index is 12.3. The van der Waals surface area contributed by atoms with Gasteiger partial charge in [-0.3, -0.25) is 14.4 Å². The van der Waals surface area contributed by atoms with Crippen LogP contribution in [0.3, 0.4) is 0 Å². The second-order valence-electron chi connectivity index (χ2n) is 7.85. The minimum atomic E-state index is -0.158. The number of nitrogens with zero attached hydrogens (tertiary/aromatic N) is 1. The van der Waals surface area contributed by atoms with Crippen molar-refractivity contribution in [2.45, 2.75) is 71.8 Å². The molecule has 1 aliphatic heterocycles. The van der Waals surface area contributed by atoms with Crippen molar-refractivity contribution in [3.05, 3.63) is 0 Å². The molecule has 0 spiro atoms. The molecule has 0 aromatic heterocycles. The summed E-state index contributed by atoms with van der Waals surface area (Å²) in [5.41, 5.74) is 0. The minimum Gasteiger partial charge on any atom is -0.466 e. The van der Waals surface area contributed by atoms with Crippen molar-refractivity contribution < 1.29 is 19.1 Å². The molecule has 1 saturated heterocycles. The Morgan fingerprint density at radius 1 is 1.04 bits per heavy atom. The Kier molecular flexibility index (Phi) is 7.91. The molecule has 1 N–H and O–H groups in total. The van der Waals surface area contributed by atoms with Crippen molar-refractivity contribution in [3.8, 4) is 0 Å². The lowest BCUT2D eigenvalue weighted by Crippen LogP contribution is -2.44. The van der Waals surface area contributed by atoms with Gasteiger partial charge in [0.15, 0.2) is 0 Å². The molecular formula is C20H34N2O4. The summed E-state index contributed by atoms with van der Waals surface area (Å²) in [6.45, 7) is 7.78. The Labute approximate surface area is 157 Å². The molecule has 0 aromatic carbocycles. The molecule has 148 valence electrons. The van der Waals surface area contributed by atoms with Crippen LogP contribution in [0.5, 0.6) is 0 Å². The number of carbonyl (C=O) groups is 3. The molecule has 0 bridgehead atoms. The molecule has 1 heterocycles. The van der Waals surface area contributed by atoms with Crippen LogP contribution in [-0.4, -0.2) is 48.4 Å². The van der Waals surface area contributed by atoms with Crippen LogP contribution >= 0.6 is 0 Å². The largest absolute Gasteiger partial charge is 0.466 e. The first-order valence-corrected chi connectivity index (χ1v) is 10.2. The lowest BCUT2D eigenvalue weighted by molar-refractivity contribution is -0.151. The summed E-state index contributed by atoms with van der Waals surface area (Å²) in [6, 6.07) is 0.238. The Morgan fingerprint density at radius 3 is 2.38 bits per heavy atom. The van der Waals surface area contributed by atoms with E-state index in [1.54, 1.807) is 11.8 Å². The third-order valence-electron chi connectivity index (χ3n) is 6.09. The standard InChI is InChI=1S/C20H34N2O4/c1-4-26-20(25)16-10-12-22(13-11-16)19(24)9-8-18(23)21-17-7-5-6-14(2)15(17)3/h14-17H,4-13H2,1-3H3,(H,21,23). The van der Waals surface area contributed by atoms with Crippen LogP contribution < -0.4 is 5.32 Å². The zero-order chi connectivity index (χ0) is 19.1. The molecule has 3 unspecified atom stereocenters. The van der Waals surface area contributed by atoms with Crippen molar-refractivity contribution in [2.75, 3.05) is 19.7 Å². The molecule has 0 radical (unpaired) electrons. The first-order valence-electron chi connectivity index (χ1n) is 10.2. The van der Waals surface area contributed by atoms with Gasteiger partial charge in [-0.1, -0.05) is 26.7 Å². The summed E-state index contributed by atoms with van der Waals surface area (Å²) in [5.74, 6) is 0.854. The third-order valence-corrected chi connectivity index (χ3v) is 6.09. The minimum absolute atomic E-state index is 0.00696. The number of ether oxygens (including phenoxy) is 1. The van der Waals surface area contributed by atoms with Crippen LogP contribution in [0.2, 0.25) is 0 Å². The van der Waals surface area contributed by atoms with Gasteiger partial charge in [0.05, 0.1) is 12.5 Å². The fraction of sp³-hybridized carbons (Fsp3) is 0.850. The number of hydrogen-bond donors (Lipinski definition) is 1. The van der Waals surface area contributed by atoms with Gasteiger partial charge >= 0.3 is 5.97 Å². The van der Waals surface area contributed by atoms with E-state index in [2.05, 4.69) is 19.2 Å². The predicted molar refractivity (Wildman–Crippen MR) is 99.3 cm³/mol. The van der Waals surface area contributed by atoms with E-state index in [0.717, 1.165) is 12.8 Å². The molecular weight excluding hydrogens is 332 g/mol. The highest BCUT2D eigenvalue weighted by atomic mass is 16.5. The van der Waals surface area contributed by atoms with E-state index in [0.29, 0.717) is 44.4 Å². The van der Waals surface area contributed by atoms with E-state index in [1.165, 1.54) is 6.42 Å². The van der Waals surface area contributed by atoms with Crippen molar-refractivity contribution in [3.63, 3.8) is 0 Å². The molecule has 2 aliphatic rings. The Balaban J connectivity index is 1.68. The molecule has 6 heteroatoms. The highest BCUT2D eigenvalue weighted by molar-refractivity contribution is 5.84. The summed E-state index contributed by atoms with van der Waals surface area (Å²) < 4.78 is 5.05. The molecule has 3 atom stereocenters. The number of likely N-dealkylation sites (tertiary alicyclic amines) is 1. The third kappa shape index (κ3) is 5.71. The molecule has 1 saturated carbocycles. The molecule has 1 aliphatic carbocycles. The molecule has 26 heavy (non-hydrogen) atoms. The molecule has 2 fully saturated rings. The highest BCUT2D eigenvalue weighted by Gasteiger charge is 2.30. The smallest absolute Gasteiger partial charge is 0.309 e. The fourth-order valence-electron chi connectivity index (χ4n) is 4.07. The quantitative estimate of drug-likeness (QED) is 0.733. The van der Waals surface area contributed by atoms with Gasteiger partial charge in [-0.2, -0.15) is 0 Å². The summed E-state index contributed by atoms with van der Waals surface area (Å²) in [6.07, 6.45) is 5.20. The normalized spacial score (nSPS) is 27.0. The van der Waals surface area contributed by atoms with Crippen LogP contribution in [0.25, 0.3) is 0 Å². The fourth-order valence-corrected chi connectivity index (χ4v) is 4.07. The van der Waals surface area contributed by atoms with Crippen LogP contribution in [-0.2, 0) is 19.1 Å². The molecule has 0 aromatic rings. The highest BCUT2D eigenvalue weighted by Crippen LogP contribution is 2.29. The van der Waals surface area contributed by atoms with Gasteiger partial charge in [-0.05, 0) is 38.0 Å². The number of rotatable bonds is 6. The average molecular weight is 367 g/mol. The summed E-state index contributed by atoms with van der Waals surface area (Å²) in [7, 11) is 0.